The fourth-order valence-corrected chi connectivity index (χ4v) is 4.20. The van der Waals surface area contributed by atoms with Crippen LogP contribution in [0.1, 0.15) is 25.0 Å². The number of sulfonamides is 1. The number of aryl methyl sites for hydroxylation is 1. The van der Waals surface area contributed by atoms with Crippen LogP contribution in [0.25, 0.3) is 0 Å². The average Bonchev–Trinajstić information content (AvgIpc) is 2.66. The van der Waals surface area contributed by atoms with E-state index in [-0.39, 0.29) is 6.54 Å². The van der Waals surface area contributed by atoms with Crippen molar-refractivity contribution in [2.45, 2.75) is 33.4 Å². The van der Waals surface area contributed by atoms with Crippen LogP contribution < -0.4 is 19.1 Å². The zero-order chi connectivity index (χ0) is 21.6. The van der Waals surface area contributed by atoms with Crippen molar-refractivity contribution in [3.8, 4) is 11.5 Å². The number of nitrogens with one attached hydrogen (secondary N) is 1. The number of rotatable bonds is 9. The highest BCUT2D eigenvalue weighted by Gasteiger charge is 2.31. The van der Waals surface area contributed by atoms with E-state index in [1.807, 2.05) is 44.2 Å². The summed E-state index contributed by atoms with van der Waals surface area (Å²) in [4.78, 5) is 12.8. The lowest BCUT2D eigenvalue weighted by Gasteiger charge is -2.29. The molecule has 2 aromatic rings. The molecule has 0 aliphatic carbocycles. The minimum Gasteiger partial charge on any atom is -0.495 e. The van der Waals surface area contributed by atoms with Gasteiger partial charge in [0.1, 0.15) is 17.5 Å². The van der Waals surface area contributed by atoms with Crippen molar-refractivity contribution >= 4 is 21.6 Å². The van der Waals surface area contributed by atoms with Crippen LogP contribution in [0.5, 0.6) is 11.5 Å². The van der Waals surface area contributed by atoms with E-state index in [0.29, 0.717) is 23.8 Å². The molecule has 0 aromatic heterocycles. The first kappa shape index (κ1) is 22.5. The number of carbonyl (C=O) groups excluding carboxylic acids is 1. The first-order chi connectivity index (χ1) is 13.7. The van der Waals surface area contributed by atoms with Gasteiger partial charge in [0.25, 0.3) is 0 Å². The molecule has 0 aliphatic heterocycles. The third kappa shape index (κ3) is 5.63. The Bertz CT molecular complexity index is 959. The van der Waals surface area contributed by atoms with Gasteiger partial charge in [0, 0.05) is 12.1 Å². The van der Waals surface area contributed by atoms with E-state index in [1.54, 1.807) is 19.1 Å². The molecule has 2 aromatic carbocycles. The number of amides is 1. The topological polar surface area (TPSA) is 84.9 Å². The van der Waals surface area contributed by atoms with E-state index in [4.69, 9.17) is 9.47 Å². The van der Waals surface area contributed by atoms with Gasteiger partial charge in [0.2, 0.25) is 15.9 Å². The Balaban J connectivity index is 2.28. The van der Waals surface area contributed by atoms with Crippen LogP contribution in [0, 0.1) is 6.92 Å². The van der Waals surface area contributed by atoms with Crippen LogP contribution in [0.2, 0.25) is 0 Å². The fraction of sp³-hybridized carbons (Fsp3) is 0.381. The van der Waals surface area contributed by atoms with Gasteiger partial charge in [0.05, 0.1) is 25.7 Å². The molecule has 2 rings (SSSR count). The molecule has 0 aliphatic rings. The van der Waals surface area contributed by atoms with Crippen molar-refractivity contribution in [3.63, 3.8) is 0 Å². The van der Waals surface area contributed by atoms with Crippen molar-refractivity contribution in [2.24, 2.45) is 0 Å². The number of hydrogen-bond donors (Lipinski definition) is 1. The predicted octanol–water partition coefficient (Wildman–Crippen LogP) is 2.87. The van der Waals surface area contributed by atoms with Gasteiger partial charge in [-0.25, -0.2) is 8.42 Å². The quantitative estimate of drug-likeness (QED) is 0.674. The van der Waals surface area contributed by atoms with Gasteiger partial charge in [-0.15, -0.1) is 0 Å². The number of benzene rings is 2. The van der Waals surface area contributed by atoms with E-state index in [2.05, 4.69) is 5.32 Å². The largest absolute Gasteiger partial charge is 0.495 e. The van der Waals surface area contributed by atoms with Crippen LogP contribution in [0.15, 0.2) is 42.5 Å². The van der Waals surface area contributed by atoms with Gasteiger partial charge >= 0.3 is 0 Å². The lowest BCUT2D eigenvalue weighted by Crippen LogP contribution is -2.47. The van der Waals surface area contributed by atoms with Gasteiger partial charge in [-0.05, 0) is 44.5 Å². The normalized spacial score (nSPS) is 12.2. The summed E-state index contributed by atoms with van der Waals surface area (Å²) in [6.45, 7) is 6.01. The molecule has 8 heteroatoms. The molecule has 0 fully saturated rings. The van der Waals surface area contributed by atoms with Gasteiger partial charge in [-0.3, -0.25) is 9.10 Å². The first-order valence-corrected chi connectivity index (χ1v) is 11.2. The van der Waals surface area contributed by atoms with E-state index in [9.17, 15) is 13.2 Å². The molecule has 1 amide bonds. The summed E-state index contributed by atoms with van der Waals surface area (Å²) >= 11 is 0. The monoisotopic (exact) mass is 420 g/mol. The maximum absolute atomic E-state index is 12.8. The van der Waals surface area contributed by atoms with E-state index in [0.717, 1.165) is 21.7 Å². The van der Waals surface area contributed by atoms with Gasteiger partial charge < -0.3 is 14.8 Å². The van der Waals surface area contributed by atoms with Crippen molar-refractivity contribution in [2.75, 3.05) is 24.3 Å². The Morgan fingerprint density at radius 1 is 1.17 bits per heavy atom. The van der Waals surface area contributed by atoms with Gasteiger partial charge in [0.15, 0.2) is 0 Å². The second kappa shape index (κ2) is 9.65. The highest BCUT2D eigenvalue weighted by molar-refractivity contribution is 7.92. The van der Waals surface area contributed by atoms with Crippen molar-refractivity contribution in [3.05, 3.63) is 53.6 Å². The van der Waals surface area contributed by atoms with E-state index in [1.165, 1.54) is 7.11 Å². The number of nitrogens with zero attached hydrogens (tertiary/aromatic N) is 1. The maximum atomic E-state index is 12.8. The molecule has 0 saturated heterocycles. The zero-order valence-electron chi connectivity index (χ0n) is 17.4. The van der Waals surface area contributed by atoms with Crippen molar-refractivity contribution in [1.29, 1.82) is 0 Å². The molecule has 0 saturated carbocycles. The number of para-hydroxylation sites is 1. The summed E-state index contributed by atoms with van der Waals surface area (Å²) in [5.41, 5.74) is 1.99. The third-order valence-electron chi connectivity index (χ3n) is 4.39. The predicted molar refractivity (Wildman–Crippen MR) is 114 cm³/mol. The molecule has 1 atom stereocenters. The van der Waals surface area contributed by atoms with Gasteiger partial charge in [-0.1, -0.05) is 24.3 Å². The Hall–Kier alpha value is -2.74. The number of ether oxygens (including phenoxy) is 2. The molecule has 1 unspecified atom stereocenters. The highest BCUT2D eigenvalue weighted by atomic mass is 32.2. The van der Waals surface area contributed by atoms with Gasteiger partial charge in [-0.2, -0.15) is 0 Å². The van der Waals surface area contributed by atoms with Crippen LogP contribution in [0.4, 0.5) is 5.69 Å². The van der Waals surface area contributed by atoms with E-state index < -0.39 is 22.0 Å². The number of carbonyl (C=O) groups is 1. The minimum atomic E-state index is -3.74. The number of anilines is 1. The number of methoxy groups -OCH3 is 1. The zero-order valence-corrected chi connectivity index (χ0v) is 18.2. The smallest absolute Gasteiger partial charge is 0.243 e. The third-order valence-corrected chi connectivity index (χ3v) is 5.61. The summed E-state index contributed by atoms with van der Waals surface area (Å²) in [6, 6.07) is 11.6. The Morgan fingerprint density at radius 3 is 2.48 bits per heavy atom. The van der Waals surface area contributed by atoms with Crippen LogP contribution >= 0.6 is 0 Å². The summed E-state index contributed by atoms with van der Waals surface area (Å²) in [5.74, 6) is 0.635. The molecule has 0 spiro atoms. The lowest BCUT2D eigenvalue weighted by atomic mass is 10.1. The first-order valence-electron chi connectivity index (χ1n) is 9.31. The maximum Gasteiger partial charge on any atom is 0.243 e. The summed E-state index contributed by atoms with van der Waals surface area (Å²) in [7, 11) is -2.28. The summed E-state index contributed by atoms with van der Waals surface area (Å²) < 4.78 is 37.1. The molecule has 0 radical (unpaired) electrons. The standard InChI is InChI=1S/C21H28N2O5S/c1-6-28-19-10-8-7-9-17(19)14-22-21(24)16(3)23(29(5,25)26)18-13-15(2)11-12-20(18)27-4/h7-13,16H,6,14H2,1-5H3,(H,22,24). The second-order valence-electron chi connectivity index (χ2n) is 6.67. The molecule has 7 nitrogen and oxygen atoms in total. The molecule has 0 heterocycles. The molecule has 1 N–H and O–H groups in total. The average molecular weight is 421 g/mol. The molecule has 158 valence electrons. The number of hydrogen-bond acceptors (Lipinski definition) is 5. The van der Waals surface area contributed by atoms with Crippen LogP contribution in [0.3, 0.4) is 0 Å². The molecule has 29 heavy (non-hydrogen) atoms. The Kier molecular flexibility index (Phi) is 7.50. The SMILES string of the molecule is CCOc1ccccc1CNC(=O)C(C)N(c1cc(C)ccc1OC)S(C)(=O)=O. The molecule has 0 bridgehead atoms. The van der Waals surface area contributed by atoms with Crippen molar-refractivity contribution < 1.29 is 22.7 Å². The highest BCUT2D eigenvalue weighted by Crippen LogP contribution is 2.32. The van der Waals surface area contributed by atoms with Crippen molar-refractivity contribution in [1.82, 2.24) is 5.32 Å². The Morgan fingerprint density at radius 2 is 1.86 bits per heavy atom. The molecular weight excluding hydrogens is 392 g/mol. The van der Waals surface area contributed by atoms with Crippen LogP contribution in [-0.4, -0.2) is 40.3 Å². The van der Waals surface area contributed by atoms with E-state index >= 15 is 0 Å². The fourth-order valence-electron chi connectivity index (χ4n) is 3.03. The lowest BCUT2D eigenvalue weighted by molar-refractivity contribution is -0.122. The summed E-state index contributed by atoms with van der Waals surface area (Å²) in [6.07, 6.45) is 1.07. The minimum absolute atomic E-state index is 0.224. The second-order valence-corrected chi connectivity index (χ2v) is 8.53. The molecular formula is C21H28N2O5S. The summed E-state index contributed by atoms with van der Waals surface area (Å²) in [5, 5.41) is 2.81. The Labute approximate surface area is 172 Å². The van der Waals surface area contributed by atoms with Crippen LogP contribution in [-0.2, 0) is 21.4 Å².